The van der Waals surface area contributed by atoms with Crippen molar-refractivity contribution < 1.29 is 39.5 Å². The molecule has 1 amide bonds. The second-order valence-electron chi connectivity index (χ2n) is 6.12. The summed E-state index contributed by atoms with van der Waals surface area (Å²) >= 11 is 0. The van der Waals surface area contributed by atoms with Crippen molar-refractivity contribution in [2.24, 2.45) is 0 Å². The van der Waals surface area contributed by atoms with Crippen molar-refractivity contribution in [2.75, 3.05) is 24.6 Å². The number of carbonyl (C=O) groups excluding carboxylic acids is 1. The maximum atomic E-state index is 12.6. The van der Waals surface area contributed by atoms with Crippen molar-refractivity contribution in [3.63, 3.8) is 0 Å². The number of ether oxygens (including phenoxy) is 1. The van der Waals surface area contributed by atoms with E-state index in [1.807, 2.05) is 0 Å². The standard InChI is InChI=1S/C15H19F3N2O6S2/c1-2-20(9-14(21)19-11-7-8-27(22,23)10-11)28(24,25)13-5-3-12(4-6-13)26-15(16,17)18/h3-6,11H,2,7-10H2,1H3,(H,19,21). The van der Waals surface area contributed by atoms with Crippen LogP contribution in [0.4, 0.5) is 13.2 Å². The van der Waals surface area contributed by atoms with Gasteiger partial charge in [0.05, 0.1) is 22.9 Å². The van der Waals surface area contributed by atoms with Crippen LogP contribution in [0.2, 0.25) is 0 Å². The van der Waals surface area contributed by atoms with E-state index < -0.39 is 50.5 Å². The van der Waals surface area contributed by atoms with E-state index in [2.05, 4.69) is 10.1 Å². The highest BCUT2D eigenvalue weighted by Crippen LogP contribution is 2.25. The number of alkyl halides is 3. The Bertz CT molecular complexity index is 914. The molecule has 1 atom stereocenters. The molecule has 28 heavy (non-hydrogen) atoms. The van der Waals surface area contributed by atoms with Crippen molar-refractivity contribution in [1.82, 2.24) is 9.62 Å². The second-order valence-corrected chi connectivity index (χ2v) is 10.3. The zero-order valence-corrected chi connectivity index (χ0v) is 16.4. The van der Waals surface area contributed by atoms with Crippen LogP contribution in [0.3, 0.4) is 0 Å². The highest BCUT2D eigenvalue weighted by Gasteiger charge is 2.32. The molecule has 0 spiro atoms. The first kappa shape index (κ1) is 22.4. The Balaban J connectivity index is 2.06. The van der Waals surface area contributed by atoms with Crippen LogP contribution >= 0.6 is 0 Å². The summed E-state index contributed by atoms with van der Waals surface area (Å²) in [5, 5.41) is 2.49. The number of sulfonamides is 1. The van der Waals surface area contributed by atoms with Crippen LogP contribution < -0.4 is 10.1 Å². The van der Waals surface area contributed by atoms with E-state index in [-0.39, 0.29) is 29.4 Å². The second kappa shape index (κ2) is 8.25. The number of benzene rings is 1. The van der Waals surface area contributed by atoms with Gasteiger partial charge in [0, 0.05) is 12.6 Å². The number of hydrogen-bond acceptors (Lipinski definition) is 6. The summed E-state index contributed by atoms with van der Waals surface area (Å²) in [6.45, 7) is 0.877. The lowest BCUT2D eigenvalue weighted by atomic mass is 10.2. The Hall–Kier alpha value is -1.86. The SMILES string of the molecule is CCN(CC(=O)NC1CCS(=O)(=O)C1)S(=O)(=O)c1ccc(OC(F)(F)F)cc1. The number of amides is 1. The number of sulfone groups is 1. The third-order valence-electron chi connectivity index (χ3n) is 3.97. The normalized spacial score (nSPS) is 19.5. The minimum Gasteiger partial charge on any atom is -0.406 e. The summed E-state index contributed by atoms with van der Waals surface area (Å²) in [6.07, 6.45) is -4.64. The topological polar surface area (TPSA) is 110 Å². The number of nitrogens with zero attached hydrogens (tertiary/aromatic N) is 1. The zero-order chi connectivity index (χ0) is 21.2. The van der Waals surface area contributed by atoms with Crippen molar-refractivity contribution in [2.45, 2.75) is 30.6 Å². The molecule has 0 saturated carbocycles. The summed E-state index contributed by atoms with van der Waals surface area (Å²) in [7, 11) is -7.35. The quantitative estimate of drug-likeness (QED) is 0.669. The minimum atomic E-state index is -4.90. The number of rotatable bonds is 7. The predicted molar refractivity (Wildman–Crippen MR) is 92.8 cm³/mol. The molecular weight excluding hydrogens is 425 g/mol. The molecule has 1 aromatic carbocycles. The Morgan fingerprint density at radius 2 is 1.89 bits per heavy atom. The van der Waals surface area contributed by atoms with Gasteiger partial charge in [-0.1, -0.05) is 6.92 Å². The number of carbonyl (C=O) groups is 1. The summed E-state index contributed by atoms with van der Waals surface area (Å²) in [5.74, 6) is -1.47. The third kappa shape index (κ3) is 6.07. The number of hydrogen-bond donors (Lipinski definition) is 1. The first-order chi connectivity index (χ1) is 12.8. The summed E-state index contributed by atoms with van der Waals surface area (Å²) < 4.78 is 89.2. The van der Waals surface area contributed by atoms with Gasteiger partial charge in [0.1, 0.15) is 5.75 Å². The largest absolute Gasteiger partial charge is 0.573 e. The molecule has 0 bridgehead atoms. The summed E-state index contributed by atoms with van der Waals surface area (Å²) in [5.41, 5.74) is 0. The molecule has 1 aromatic rings. The fourth-order valence-electron chi connectivity index (χ4n) is 2.67. The maximum absolute atomic E-state index is 12.6. The van der Waals surface area contributed by atoms with Crippen molar-refractivity contribution in [3.8, 4) is 5.75 Å². The fourth-order valence-corrected chi connectivity index (χ4v) is 5.75. The molecule has 1 saturated heterocycles. The van der Waals surface area contributed by atoms with Crippen LogP contribution in [0.5, 0.6) is 5.75 Å². The van der Waals surface area contributed by atoms with Crippen LogP contribution in [-0.2, 0) is 24.7 Å². The lowest BCUT2D eigenvalue weighted by Crippen LogP contribution is -2.44. The van der Waals surface area contributed by atoms with E-state index in [4.69, 9.17) is 0 Å². The van der Waals surface area contributed by atoms with Gasteiger partial charge in [0.15, 0.2) is 9.84 Å². The van der Waals surface area contributed by atoms with Crippen LogP contribution in [0, 0.1) is 0 Å². The smallest absolute Gasteiger partial charge is 0.406 e. The van der Waals surface area contributed by atoms with Crippen LogP contribution in [0.15, 0.2) is 29.2 Å². The molecule has 2 rings (SSSR count). The molecule has 1 heterocycles. The van der Waals surface area contributed by atoms with Gasteiger partial charge in [-0.2, -0.15) is 4.31 Å². The predicted octanol–water partition coefficient (Wildman–Crippen LogP) is 0.899. The lowest BCUT2D eigenvalue weighted by molar-refractivity contribution is -0.274. The Labute approximate surface area is 160 Å². The lowest BCUT2D eigenvalue weighted by Gasteiger charge is -2.21. The average molecular weight is 444 g/mol. The molecular formula is C15H19F3N2O6S2. The van der Waals surface area contributed by atoms with Gasteiger partial charge < -0.3 is 10.1 Å². The van der Waals surface area contributed by atoms with Crippen LogP contribution in [0.25, 0.3) is 0 Å². The molecule has 1 fully saturated rings. The molecule has 1 aliphatic heterocycles. The third-order valence-corrected chi connectivity index (χ3v) is 7.67. The highest BCUT2D eigenvalue weighted by atomic mass is 32.2. The fraction of sp³-hybridized carbons (Fsp3) is 0.533. The first-order valence-electron chi connectivity index (χ1n) is 8.18. The monoisotopic (exact) mass is 444 g/mol. The molecule has 13 heteroatoms. The molecule has 0 aromatic heterocycles. The van der Waals surface area contributed by atoms with E-state index in [1.165, 1.54) is 6.92 Å². The molecule has 1 unspecified atom stereocenters. The maximum Gasteiger partial charge on any atom is 0.573 e. The van der Waals surface area contributed by atoms with Gasteiger partial charge in [-0.15, -0.1) is 13.2 Å². The zero-order valence-electron chi connectivity index (χ0n) is 14.8. The van der Waals surface area contributed by atoms with Gasteiger partial charge in [-0.25, -0.2) is 16.8 Å². The Morgan fingerprint density at radius 1 is 1.29 bits per heavy atom. The molecule has 0 aliphatic carbocycles. The van der Waals surface area contributed by atoms with Crippen molar-refractivity contribution >= 4 is 25.8 Å². The van der Waals surface area contributed by atoms with E-state index >= 15 is 0 Å². The molecule has 1 aliphatic rings. The first-order valence-corrected chi connectivity index (χ1v) is 11.4. The highest BCUT2D eigenvalue weighted by molar-refractivity contribution is 7.91. The summed E-state index contributed by atoms with van der Waals surface area (Å²) in [6, 6.07) is 3.04. The summed E-state index contributed by atoms with van der Waals surface area (Å²) in [4.78, 5) is 11.8. The molecule has 1 N–H and O–H groups in total. The van der Waals surface area contributed by atoms with Gasteiger partial charge in [0.2, 0.25) is 15.9 Å². The molecule has 8 nitrogen and oxygen atoms in total. The van der Waals surface area contributed by atoms with Gasteiger partial charge in [-0.05, 0) is 30.7 Å². The van der Waals surface area contributed by atoms with Gasteiger partial charge in [-0.3, -0.25) is 4.79 Å². The van der Waals surface area contributed by atoms with Gasteiger partial charge in [0.25, 0.3) is 0 Å². The van der Waals surface area contributed by atoms with E-state index in [9.17, 15) is 34.8 Å². The number of halogens is 3. The minimum absolute atomic E-state index is 0.0416. The molecule has 158 valence electrons. The van der Waals surface area contributed by atoms with Crippen LogP contribution in [0.1, 0.15) is 13.3 Å². The Kier molecular flexibility index (Phi) is 6.61. The van der Waals surface area contributed by atoms with Crippen LogP contribution in [-0.4, -0.2) is 64.0 Å². The van der Waals surface area contributed by atoms with E-state index in [0.29, 0.717) is 0 Å². The average Bonchev–Trinajstić information content (AvgIpc) is 2.90. The Morgan fingerprint density at radius 3 is 2.36 bits per heavy atom. The van der Waals surface area contributed by atoms with E-state index in [1.54, 1.807) is 0 Å². The van der Waals surface area contributed by atoms with Gasteiger partial charge >= 0.3 is 6.36 Å². The van der Waals surface area contributed by atoms with Crippen molar-refractivity contribution in [3.05, 3.63) is 24.3 Å². The molecule has 0 radical (unpaired) electrons. The number of likely N-dealkylation sites (N-methyl/N-ethyl adjacent to an activating group) is 1. The van der Waals surface area contributed by atoms with Crippen molar-refractivity contribution in [1.29, 1.82) is 0 Å². The van der Waals surface area contributed by atoms with E-state index in [0.717, 1.165) is 28.6 Å². The number of nitrogens with one attached hydrogen (secondary N) is 1.